The first-order chi connectivity index (χ1) is 9.27. The van der Waals surface area contributed by atoms with Crippen molar-refractivity contribution >= 4 is 0 Å². The van der Waals surface area contributed by atoms with Crippen molar-refractivity contribution in [3.05, 3.63) is 0 Å². The Labute approximate surface area is 117 Å². The molecule has 3 N–H and O–H groups in total. The van der Waals surface area contributed by atoms with Crippen LogP contribution in [0.25, 0.3) is 0 Å². The summed E-state index contributed by atoms with van der Waals surface area (Å²) in [5.41, 5.74) is 0. The van der Waals surface area contributed by atoms with Crippen LogP contribution in [0.3, 0.4) is 0 Å². The van der Waals surface area contributed by atoms with Crippen LogP contribution in [0.1, 0.15) is 51.9 Å². The molecular weight excluding hydrogens is 242 g/mol. The molecule has 0 aromatic heterocycles. The Morgan fingerprint density at radius 2 is 2.05 bits per heavy atom. The lowest BCUT2D eigenvalue weighted by Crippen LogP contribution is -2.35. The molecule has 4 nitrogen and oxygen atoms in total. The molecule has 0 aromatic carbocycles. The van der Waals surface area contributed by atoms with E-state index in [4.69, 9.17) is 9.84 Å². The quantitative estimate of drug-likeness (QED) is 0.530. The van der Waals surface area contributed by atoms with Gasteiger partial charge in [-0.25, -0.2) is 0 Å². The fourth-order valence-electron chi connectivity index (χ4n) is 2.78. The Kier molecular flexibility index (Phi) is 9.43. The van der Waals surface area contributed by atoms with Crippen molar-refractivity contribution in [2.45, 2.75) is 64.1 Å². The van der Waals surface area contributed by atoms with Crippen LogP contribution >= 0.6 is 0 Å². The van der Waals surface area contributed by atoms with E-state index in [-0.39, 0.29) is 6.61 Å². The highest BCUT2D eigenvalue weighted by atomic mass is 16.5. The summed E-state index contributed by atoms with van der Waals surface area (Å²) in [5, 5.41) is 21.7. The number of unbranched alkanes of at least 4 members (excludes halogenated alkanes) is 1. The van der Waals surface area contributed by atoms with Crippen molar-refractivity contribution in [2.75, 3.05) is 26.3 Å². The summed E-state index contributed by atoms with van der Waals surface area (Å²) in [4.78, 5) is 0. The SMILES string of the molecule is CCC1CCCCC1OCC(O)CNCCCCO. The Morgan fingerprint density at radius 1 is 1.26 bits per heavy atom. The standard InChI is InChI=1S/C15H31NO3/c1-2-13-7-3-4-8-15(13)19-12-14(18)11-16-9-5-6-10-17/h13-18H,2-12H2,1H3. The molecule has 0 aromatic rings. The number of hydrogen-bond acceptors (Lipinski definition) is 4. The highest BCUT2D eigenvalue weighted by molar-refractivity contribution is 4.75. The van der Waals surface area contributed by atoms with Crippen LogP contribution in [0.15, 0.2) is 0 Å². The summed E-state index contributed by atoms with van der Waals surface area (Å²) < 4.78 is 5.90. The minimum atomic E-state index is -0.423. The van der Waals surface area contributed by atoms with E-state index in [1.807, 2.05) is 0 Å². The van der Waals surface area contributed by atoms with Gasteiger partial charge in [-0.05, 0) is 38.1 Å². The second-order valence-corrected chi connectivity index (χ2v) is 5.61. The first-order valence-electron chi connectivity index (χ1n) is 7.89. The predicted molar refractivity (Wildman–Crippen MR) is 77.2 cm³/mol. The van der Waals surface area contributed by atoms with Crippen molar-refractivity contribution < 1.29 is 14.9 Å². The molecule has 114 valence electrons. The molecule has 1 rings (SSSR count). The zero-order valence-corrected chi connectivity index (χ0v) is 12.3. The maximum absolute atomic E-state index is 9.86. The molecule has 0 spiro atoms. The number of nitrogens with one attached hydrogen (secondary N) is 1. The third kappa shape index (κ3) is 7.25. The monoisotopic (exact) mass is 273 g/mol. The average molecular weight is 273 g/mol. The van der Waals surface area contributed by atoms with Crippen LogP contribution in [0.4, 0.5) is 0 Å². The molecule has 0 radical (unpaired) electrons. The van der Waals surface area contributed by atoms with Gasteiger partial charge in [0, 0.05) is 13.2 Å². The lowest BCUT2D eigenvalue weighted by atomic mass is 9.85. The Balaban J connectivity index is 2.06. The molecule has 0 saturated heterocycles. The van der Waals surface area contributed by atoms with Gasteiger partial charge in [0.1, 0.15) is 0 Å². The van der Waals surface area contributed by atoms with E-state index in [1.165, 1.54) is 25.7 Å². The zero-order chi connectivity index (χ0) is 13.9. The average Bonchev–Trinajstić information content (AvgIpc) is 2.45. The molecule has 0 heterocycles. The Morgan fingerprint density at radius 3 is 2.79 bits per heavy atom. The fourth-order valence-corrected chi connectivity index (χ4v) is 2.78. The predicted octanol–water partition coefficient (Wildman–Crippen LogP) is 1.69. The highest BCUT2D eigenvalue weighted by Crippen LogP contribution is 2.29. The van der Waals surface area contributed by atoms with Gasteiger partial charge in [0.15, 0.2) is 0 Å². The smallest absolute Gasteiger partial charge is 0.0897 e. The summed E-state index contributed by atoms with van der Waals surface area (Å²) in [6.45, 7) is 4.33. The Bertz CT molecular complexity index is 214. The highest BCUT2D eigenvalue weighted by Gasteiger charge is 2.24. The van der Waals surface area contributed by atoms with Gasteiger partial charge in [-0.15, -0.1) is 0 Å². The van der Waals surface area contributed by atoms with Crippen molar-refractivity contribution in [3.63, 3.8) is 0 Å². The first-order valence-corrected chi connectivity index (χ1v) is 7.89. The zero-order valence-electron chi connectivity index (χ0n) is 12.3. The molecule has 3 unspecified atom stereocenters. The molecular formula is C15H31NO3. The molecule has 1 aliphatic rings. The van der Waals surface area contributed by atoms with E-state index >= 15 is 0 Å². The van der Waals surface area contributed by atoms with Crippen molar-refractivity contribution in [3.8, 4) is 0 Å². The lowest BCUT2D eigenvalue weighted by Gasteiger charge is -2.31. The van der Waals surface area contributed by atoms with Crippen LogP contribution in [0.5, 0.6) is 0 Å². The van der Waals surface area contributed by atoms with Gasteiger partial charge in [0.25, 0.3) is 0 Å². The maximum atomic E-state index is 9.86. The van der Waals surface area contributed by atoms with E-state index in [9.17, 15) is 5.11 Å². The topological polar surface area (TPSA) is 61.7 Å². The molecule has 19 heavy (non-hydrogen) atoms. The number of hydrogen-bond donors (Lipinski definition) is 3. The minimum absolute atomic E-state index is 0.243. The van der Waals surface area contributed by atoms with Gasteiger partial charge in [-0.2, -0.15) is 0 Å². The van der Waals surface area contributed by atoms with Crippen molar-refractivity contribution in [2.24, 2.45) is 5.92 Å². The fraction of sp³-hybridized carbons (Fsp3) is 1.00. The summed E-state index contributed by atoms with van der Waals surface area (Å²) >= 11 is 0. The van der Waals surface area contributed by atoms with E-state index in [0.29, 0.717) is 25.2 Å². The van der Waals surface area contributed by atoms with Crippen molar-refractivity contribution in [1.29, 1.82) is 0 Å². The summed E-state index contributed by atoms with van der Waals surface area (Å²) in [7, 11) is 0. The molecule has 3 atom stereocenters. The van der Waals surface area contributed by atoms with Crippen molar-refractivity contribution in [1.82, 2.24) is 5.32 Å². The number of rotatable bonds is 10. The minimum Gasteiger partial charge on any atom is -0.396 e. The van der Waals surface area contributed by atoms with E-state index < -0.39 is 6.10 Å². The van der Waals surface area contributed by atoms with Gasteiger partial charge < -0.3 is 20.3 Å². The molecule has 0 bridgehead atoms. The largest absolute Gasteiger partial charge is 0.396 e. The lowest BCUT2D eigenvalue weighted by molar-refractivity contribution is -0.0498. The third-order valence-electron chi connectivity index (χ3n) is 4.01. The summed E-state index contributed by atoms with van der Waals surface area (Å²) in [6.07, 6.45) is 7.89. The Hall–Kier alpha value is -0.160. The molecule has 1 aliphatic carbocycles. The van der Waals surface area contributed by atoms with Gasteiger partial charge in [-0.1, -0.05) is 26.2 Å². The molecule has 1 saturated carbocycles. The number of aliphatic hydroxyl groups excluding tert-OH is 2. The molecule has 0 aliphatic heterocycles. The number of aliphatic hydroxyl groups is 2. The van der Waals surface area contributed by atoms with Gasteiger partial charge in [0.2, 0.25) is 0 Å². The normalized spacial score (nSPS) is 25.4. The van der Waals surface area contributed by atoms with Gasteiger partial charge in [0.05, 0.1) is 18.8 Å². The van der Waals surface area contributed by atoms with Crippen LogP contribution in [-0.4, -0.2) is 48.7 Å². The third-order valence-corrected chi connectivity index (χ3v) is 4.01. The van der Waals surface area contributed by atoms with Gasteiger partial charge >= 0.3 is 0 Å². The van der Waals surface area contributed by atoms with Gasteiger partial charge in [-0.3, -0.25) is 0 Å². The summed E-state index contributed by atoms with van der Waals surface area (Å²) in [6, 6.07) is 0. The molecule has 1 fully saturated rings. The first kappa shape index (κ1) is 16.9. The van der Waals surface area contributed by atoms with Crippen LogP contribution in [0.2, 0.25) is 0 Å². The molecule has 4 heteroatoms. The van der Waals surface area contributed by atoms with Crippen LogP contribution in [-0.2, 0) is 4.74 Å². The summed E-state index contributed by atoms with van der Waals surface area (Å²) in [5.74, 6) is 0.679. The van der Waals surface area contributed by atoms with E-state index in [0.717, 1.165) is 25.8 Å². The maximum Gasteiger partial charge on any atom is 0.0897 e. The second kappa shape index (κ2) is 10.6. The van der Waals surface area contributed by atoms with Crippen LogP contribution < -0.4 is 5.32 Å². The molecule has 0 amide bonds. The second-order valence-electron chi connectivity index (χ2n) is 5.61. The number of ether oxygens (including phenoxy) is 1. The van der Waals surface area contributed by atoms with E-state index in [2.05, 4.69) is 12.2 Å². The van der Waals surface area contributed by atoms with E-state index in [1.54, 1.807) is 0 Å². The van der Waals surface area contributed by atoms with Crippen LogP contribution in [0, 0.1) is 5.92 Å².